The predicted molar refractivity (Wildman–Crippen MR) is 89.6 cm³/mol. The highest BCUT2D eigenvalue weighted by Crippen LogP contribution is 2.26. The van der Waals surface area contributed by atoms with Crippen LogP contribution in [0.4, 0.5) is 10.1 Å². The molecule has 5 heteroatoms. The Morgan fingerprint density at radius 1 is 1.21 bits per heavy atom. The fraction of sp³-hybridized carbons (Fsp3) is 0.316. The Hall–Kier alpha value is -2.40. The number of carbonyl (C=O) groups excluding carboxylic acids is 1. The molecule has 1 atom stereocenters. The number of anilines is 1. The number of fused-ring (bicyclic) bond motifs is 1. The maximum Gasteiger partial charge on any atom is 0.254 e. The van der Waals surface area contributed by atoms with Crippen molar-refractivity contribution in [2.75, 3.05) is 31.6 Å². The quantitative estimate of drug-likeness (QED) is 0.922. The Kier molecular flexibility index (Phi) is 3.94. The summed E-state index contributed by atoms with van der Waals surface area (Å²) in [6.07, 6.45) is 0.747. The van der Waals surface area contributed by atoms with Gasteiger partial charge in [0, 0.05) is 24.3 Å². The number of nitrogens with zero attached hydrogens (tertiary/aromatic N) is 1. The topological polar surface area (TPSA) is 41.6 Å². The average molecular weight is 326 g/mol. The second kappa shape index (κ2) is 6.24. The Labute approximate surface area is 140 Å². The molecule has 1 amide bonds. The Bertz CT molecular complexity index is 760. The third-order valence-electron chi connectivity index (χ3n) is 4.66. The lowest BCUT2D eigenvalue weighted by Gasteiger charge is -2.33. The molecule has 0 radical (unpaired) electrons. The van der Waals surface area contributed by atoms with Crippen LogP contribution in [0.15, 0.2) is 42.5 Å². The monoisotopic (exact) mass is 326 g/mol. The van der Waals surface area contributed by atoms with Crippen LogP contribution in [0.25, 0.3) is 0 Å². The summed E-state index contributed by atoms with van der Waals surface area (Å²) in [5.41, 5.74) is 3.94. The van der Waals surface area contributed by atoms with E-state index in [-0.39, 0.29) is 17.8 Å². The summed E-state index contributed by atoms with van der Waals surface area (Å²) < 4.78 is 18.8. The van der Waals surface area contributed by atoms with Crippen molar-refractivity contribution in [3.05, 3.63) is 65.0 Å². The van der Waals surface area contributed by atoms with Gasteiger partial charge in [-0.2, -0.15) is 0 Å². The molecule has 1 unspecified atom stereocenters. The standard InChI is InChI=1S/C19H19FN2O2/c20-16-4-1-13(2-5-16)18-12-22(9-10-24-18)19(23)15-3-6-17-14(11-15)7-8-21-17/h1-6,11,18,21H,7-10,12H2. The third-order valence-corrected chi connectivity index (χ3v) is 4.66. The SMILES string of the molecule is O=C(c1ccc2c(c1)CCN2)N1CCOC(c2ccc(F)cc2)C1. The maximum absolute atomic E-state index is 13.1. The van der Waals surface area contributed by atoms with Crippen molar-refractivity contribution >= 4 is 11.6 Å². The summed E-state index contributed by atoms with van der Waals surface area (Å²) in [7, 11) is 0. The van der Waals surface area contributed by atoms with Crippen molar-refractivity contribution in [2.45, 2.75) is 12.5 Å². The average Bonchev–Trinajstić information content (AvgIpc) is 3.09. The summed E-state index contributed by atoms with van der Waals surface area (Å²) >= 11 is 0. The Morgan fingerprint density at radius 3 is 2.88 bits per heavy atom. The van der Waals surface area contributed by atoms with E-state index in [1.807, 2.05) is 23.1 Å². The van der Waals surface area contributed by atoms with Crippen molar-refractivity contribution in [3.8, 4) is 0 Å². The first-order valence-corrected chi connectivity index (χ1v) is 8.24. The van der Waals surface area contributed by atoms with Crippen molar-refractivity contribution in [3.63, 3.8) is 0 Å². The molecule has 2 aromatic rings. The molecule has 0 bridgehead atoms. The van der Waals surface area contributed by atoms with Crippen molar-refractivity contribution in [1.82, 2.24) is 4.90 Å². The number of morpholine rings is 1. The number of rotatable bonds is 2. The highest BCUT2D eigenvalue weighted by Gasteiger charge is 2.26. The normalized spacial score (nSPS) is 19.7. The van der Waals surface area contributed by atoms with E-state index in [0.29, 0.717) is 19.7 Å². The number of amides is 1. The molecular weight excluding hydrogens is 307 g/mol. The summed E-state index contributed by atoms with van der Waals surface area (Å²) in [5, 5.41) is 3.30. The number of benzene rings is 2. The van der Waals surface area contributed by atoms with Crippen LogP contribution in [0.1, 0.15) is 27.6 Å². The summed E-state index contributed by atoms with van der Waals surface area (Å²) in [4.78, 5) is 14.6. The Balaban J connectivity index is 1.51. The van der Waals surface area contributed by atoms with Crippen LogP contribution < -0.4 is 5.32 Å². The van der Waals surface area contributed by atoms with Crippen LogP contribution in [0.2, 0.25) is 0 Å². The number of carbonyl (C=O) groups is 1. The van der Waals surface area contributed by atoms with Crippen LogP contribution in [0, 0.1) is 5.82 Å². The van der Waals surface area contributed by atoms with Gasteiger partial charge in [-0.05, 0) is 47.9 Å². The molecule has 1 fully saturated rings. The molecule has 0 spiro atoms. The Morgan fingerprint density at radius 2 is 2.04 bits per heavy atom. The molecular formula is C19H19FN2O2. The zero-order chi connectivity index (χ0) is 16.5. The lowest BCUT2D eigenvalue weighted by atomic mass is 10.0. The summed E-state index contributed by atoms with van der Waals surface area (Å²) in [6, 6.07) is 12.1. The highest BCUT2D eigenvalue weighted by atomic mass is 19.1. The molecule has 4 rings (SSSR count). The van der Waals surface area contributed by atoms with Gasteiger partial charge in [0.15, 0.2) is 0 Å². The van der Waals surface area contributed by atoms with Crippen molar-refractivity contribution in [1.29, 1.82) is 0 Å². The van der Waals surface area contributed by atoms with Gasteiger partial charge in [0.05, 0.1) is 13.2 Å². The van der Waals surface area contributed by atoms with Gasteiger partial charge in [0.1, 0.15) is 11.9 Å². The molecule has 2 aromatic carbocycles. The smallest absolute Gasteiger partial charge is 0.254 e. The molecule has 2 aliphatic rings. The van der Waals surface area contributed by atoms with Crippen LogP contribution >= 0.6 is 0 Å². The number of hydrogen-bond donors (Lipinski definition) is 1. The van der Waals surface area contributed by atoms with Crippen LogP contribution in [0.5, 0.6) is 0 Å². The molecule has 1 saturated heterocycles. The molecule has 2 heterocycles. The van der Waals surface area contributed by atoms with Crippen molar-refractivity contribution < 1.29 is 13.9 Å². The first-order chi connectivity index (χ1) is 11.7. The van der Waals surface area contributed by atoms with Crippen molar-refractivity contribution in [2.24, 2.45) is 0 Å². The predicted octanol–water partition coefficient (Wildman–Crippen LogP) is 3.01. The lowest BCUT2D eigenvalue weighted by Crippen LogP contribution is -2.42. The maximum atomic E-state index is 13.1. The van der Waals surface area contributed by atoms with E-state index in [1.54, 1.807) is 12.1 Å². The van der Waals surface area contributed by atoms with E-state index in [1.165, 1.54) is 17.7 Å². The molecule has 0 aromatic heterocycles. The van der Waals surface area contributed by atoms with Gasteiger partial charge >= 0.3 is 0 Å². The lowest BCUT2D eigenvalue weighted by molar-refractivity contribution is -0.0228. The minimum atomic E-state index is -0.269. The molecule has 2 aliphatic heterocycles. The number of nitrogens with one attached hydrogen (secondary N) is 1. The molecule has 0 saturated carbocycles. The zero-order valence-electron chi connectivity index (χ0n) is 13.3. The zero-order valence-corrected chi connectivity index (χ0v) is 13.3. The van der Waals surface area contributed by atoms with E-state index < -0.39 is 0 Å². The number of ether oxygens (including phenoxy) is 1. The van der Waals surface area contributed by atoms with Gasteiger partial charge in [-0.15, -0.1) is 0 Å². The van der Waals surface area contributed by atoms with Gasteiger partial charge in [-0.3, -0.25) is 4.79 Å². The molecule has 124 valence electrons. The number of halogens is 1. The molecule has 4 nitrogen and oxygen atoms in total. The van der Waals surface area contributed by atoms with E-state index in [2.05, 4.69) is 5.32 Å². The van der Waals surface area contributed by atoms with E-state index >= 15 is 0 Å². The third kappa shape index (κ3) is 2.87. The van der Waals surface area contributed by atoms with Gasteiger partial charge in [0.25, 0.3) is 5.91 Å². The first-order valence-electron chi connectivity index (χ1n) is 8.24. The van der Waals surface area contributed by atoms with Gasteiger partial charge in [-0.25, -0.2) is 4.39 Å². The molecule has 24 heavy (non-hydrogen) atoms. The second-order valence-corrected chi connectivity index (χ2v) is 6.21. The first kappa shape index (κ1) is 15.1. The summed E-state index contributed by atoms with van der Waals surface area (Å²) in [5.74, 6) is -0.241. The largest absolute Gasteiger partial charge is 0.384 e. The summed E-state index contributed by atoms with van der Waals surface area (Å²) in [6.45, 7) is 2.48. The minimum absolute atomic E-state index is 0.0279. The highest BCUT2D eigenvalue weighted by molar-refractivity contribution is 5.95. The molecule has 1 N–H and O–H groups in total. The van der Waals surface area contributed by atoms with E-state index in [0.717, 1.165) is 29.8 Å². The van der Waals surface area contributed by atoms with Gasteiger partial charge < -0.3 is 15.0 Å². The van der Waals surface area contributed by atoms with Crippen LogP contribution in [0.3, 0.4) is 0 Å². The fourth-order valence-electron chi connectivity index (χ4n) is 3.33. The van der Waals surface area contributed by atoms with Crippen LogP contribution in [-0.4, -0.2) is 37.0 Å². The molecule has 0 aliphatic carbocycles. The van der Waals surface area contributed by atoms with E-state index in [4.69, 9.17) is 4.74 Å². The minimum Gasteiger partial charge on any atom is -0.384 e. The van der Waals surface area contributed by atoms with E-state index in [9.17, 15) is 9.18 Å². The van der Waals surface area contributed by atoms with Gasteiger partial charge in [0.2, 0.25) is 0 Å². The number of hydrogen-bond acceptors (Lipinski definition) is 3. The second-order valence-electron chi connectivity index (χ2n) is 6.21. The van der Waals surface area contributed by atoms with Gasteiger partial charge in [-0.1, -0.05) is 12.1 Å². The fourth-order valence-corrected chi connectivity index (χ4v) is 3.33. The van der Waals surface area contributed by atoms with Crippen LogP contribution in [-0.2, 0) is 11.2 Å².